The number of nitrogens with zero attached hydrogens (tertiary/aromatic N) is 2. The van der Waals surface area contributed by atoms with Gasteiger partial charge in [-0.15, -0.1) is 0 Å². The molecule has 0 aliphatic rings. The summed E-state index contributed by atoms with van der Waals surface area (Å²) in [4.78, 5) is 24.6. The van der Waals surface area contributed by atoms with Crippen LogP contribution >= 0.6 is 0 Å². The Hall–Kier alpha value is -3.03. The van der Waals surface area contributed by atoms with Crippen LogP contribution in [-0.2, 0) is 6.54 Å². The van der Waals surface area contributed by atoms with Crippen molar-refractivity contribution in [1.29, 1.82) is 0 Å². The highest BCUT2D eigenvalue weighted by molar-refractivity contribution is 5.87. The molecule has 0 atom stereocenters. The van der Waals surface area contributed by atoms with Crippen molar-refractivity contribution in [2.45, 2.75) is 6.54 Å². The van der Waals surface area contributed by atoms with Crippen molar-refractivity contribution in [2.75, 3.05) is 5.32 Å². The van der Waals surface area contributed by atoms with Gasteiger partial charge in [0.15, 0.2) is 5.82 Å². The van der Waals surface area contributed by atoms with Gasteiger partial charge in [-0.2, -0.15) is 0 Å². The highest BCUT2D eigenvalue weighted by atomic mass is 19.1. The molecule has 2 N–H and O–H groups in total. The number of carbonyl (C=O) groups is 1. The lowest BCUT2D eigenvalue weighted by atomic mass is 10.2. The van der Waals surface area contributed by atoms with E-state index in [0.717, 1.165) is 6.07 Å². The topological polar surface area (TPSA) is 105 Å². The second-order valence-electron chi connectivity index (χ2n) is 4.12. The minimum atomic E-state index is -1.08. The molecule has 0 fully saturated rings. The van der Waals surface area contributed by atoms with Gasteiger partial charge in [0.05, 0.1) is 34.5 Å². The zero-order valence-electron chi connectivity index (χ0n) is 10.6. The van der Waals surface area contributed by atoms with E-state index in [-0.39, 0.29) is 23.5 Å². The van der Waals surface area contributed by atoms with Crippen LogP contribution in [0.2, 0.25) is 0 Å². The minimum absolute atomic E-state index is 0.0723. The Labute approximate surface area is 118 Å². The van der Waals surface area contributed by atoms with Crippen LogP contribution in [0.15, 0.2) is 36.5 Å². The largest absolute Gasteiger partial charge is 0.478 e. The molecule has 7 nitrogen and oxygen atoms in total. The second kappa shape index (κ2) is 5.95. The molecule has 21 heavy (non-hydrogen) atoms. The first kappa shape index (κ1) is 14.4. The van der Waals surface area contributed by atoms with Gasteiger partial charge in [-0.05, 0) is 18.2 Å². The Morgan fingerprint density at radius 3 is 2.76 bits per heavy atom. The number of anilines is 1. The van der Waals surface area contributed by atoms with Crippen molar-refractivity contribution >= 4 is 17.3 Å². The number of non-ortho nitro benzene ring substituents is 1. The standard InChI is InChI=1S/C13H10FN3O4/c14-11-6-10(17(20)21)1-2-12(11)16-7-9-5-8(13(18)19)3-4-15-9/h1-6,16H,7H2,(H,18,19). The molecule has 1 aromatic carbocycles. The Bertz CT molecular complexity index is 706. The molecule has 0 radical (unpaired) electrons. The summed E-state index contributed by atoms with van der Waals surface area (Å²) in [5.41, 5.74) is 0.214. The third-order valence-electron chi connectivity index (χ3n) is 2.69. The normalized spacial score (nSPS) is 10.1. The fourth-order valence-corrected chi connectivity index (χ4v) is 1.65. The van der Waals surface area contributed by atoms with E-state index in [2.05, 4.69) is 10.3 Å². The molecule has 0 unspecified atom stereocenters. The van der Waals surface area contributed by atoms with Gasteiger partial charge >= 0.3 is 5.97 Å². The van der Waals surface area contributed by atoms with Crippen LogP contribution in [0.3, 0.4) is 0 Å². The first-order chi connectivity index (χ1) is 9.97. The van der Waals surface area contributed by atoms with E-state index in [1.807, 2.05) is 0 Å². The van der Waals surface area contributed by atoms with E-state index < -0.39 is 16.7 Å². The SMILES string of the molecule is O=C(O)c1ccnc(CNc2ccc([N+](=O)[O-])cc2F)c1. The monoisotopic (exact) mass is 291 g/mol. The number of carboxylic acids is 1. The predicted octanol–water partition coefficient (Wildman–Crippen LogP) is 2.44. The molecule has 0 saturated carbocycles. The van der Waals surface area contributed by atoms with Crippen LogP contribution in [0.1, 0.15) is 16.1 Å². The Kier molecular flexibility index (Phi) is 4.07. The van der Waals surface area contributed by atoms with Crippen LogP contribution in [0.5, 0.6) is 0 Å². The van der Waals surface area contributed by atoms with Crippen molar-refractivity contribution in [1.82, 2.24) is 4.98 Å². The molecule has 0 spiro atoms. The van der Waals surface area contributed by atoms with Crippen LogP contribution in [0.4, 0.5) is 15.8 Å². The third kappa shape index (κ3) is 3.50. The number of nitro benzene ring substituents is 1. The Morgan fingerprint density at radius 2 is 2.14 bits per heavy atom. The third-order valence-corrected chi connectivity index (χ3v) is 2.69. The number of aromatic nitrogens is 1. The van der Waals surface area contributed by atoms with Gasteiger partial charge in [0.2, 0.25) is 0 Å². The van der Waals surface area contributed by atoms with Crippen LogP contribution in [-0.4, -0.2) is 21.0 Å². The minimum Gasteiger partial charge on any atom is -0.478 e. The zero-order valence-corrected chi connectivity index (χ0v) is 10.6. The number of pyridine rings is 1. The van der Waals surface area contributed by atoms with E-state index in [1.165, 1.54) is 30.5 Å². The predicted molar refractivity (Wildman–Crippen MR) is 71.6 cm³/mol. The van der Waals surface area contributed by atoms with Gasteiger partial charge in [0, 0.05) is 12.3 Å². The van der Waals surface area contributed by atoms with E-state index >= 15 is 0 Å². The van der Waals surface area contributed by atoms with Crippen LogP contribution < -0.4 is 5.32 Å². The van der Waals surface area contributed by atoms with Gasteiger partial charge < -0.3 is 10.4 Å². The summed E-state index contributed by atoms with van der Waals surface area (Å²) in [6.45, 7) is 0.0931. The average molecular weight is 291 g/mol. The second-order valence-corrected chi connectivity index (χ2v) is 4.12. The summed E-state index contributed by atoms with van der Waals surface area (Å²) >= 11 is 0. The highest BCUT2D eigenvalue weighted by Gasteiger charge is 2.11. The first-order valence-corrected chi connectivity index (χ1v) is 5.83. The number of benzene rings is 1. The number of hydrogen-bond acceptors (Lipinski definition) is 5. The van der Waals surface area contributed by atoms with Crippen molar-refractivity contribution in [2.24, 2.45) is 0 Å². The lowest BCUT2D eigenvalue weighted by Gasteiger charge is -2.07. The first-order valence-electron chi connectivity index (χ1n) is 5.83. The Balaban J connectivity index is 2.11. The smallest absolute Gasteiger partial charge is 0.335 e. The van der Waals surface area contributed by atoms with Gasteiger partial charge in [0.1, 0.15) is 0 Å². The fraction of sp³-hybridized carbons (Fsp3) is 0.0769. The van der Waals surface area contributed by atoms with Gasteiger partial charge in [-0.1, -0.05) is 0 Å². The van der Waals surface area contributed by atoms with E-state index in [9.17, 15) is 19.3 Å². The molecule has 0 amide bonds. The zero-order chi connectivity index (χ0) is 15.4. The van der Waals surface area contributed by atoms with Gasteiger partial charge in [-0.3, -0.25) is 15.1 Å². The lowest BCUT2D eigenvalue weighted by molar-refractivity contribution is -0.385. The molecule has 108 valence electrons. The van der Waals surface area contributed by atoms with Crippen molar-refractivity contribution < 1.29 is 19.2 Å². The molecule has 0 aliphatic carbocycles. The van der Waals surface area contributed by atoms with Crippen molar-refractivity contribution in [3.63, 3.8) is 0 Å². The molecule has 8 heteroatoms. The number of carboxylic acid groups (broad SMARTS) is 1. The number of halogens is 1. The molecular weight excluding hydrogens is 281 g/mol. The van der Waals surface area contributed by atoms with Crippen molar-refractivity contribution in [3.8, 4) is 0 Å². The van der Waals surface area contributed by atoms with Gasteiger partial charge in [0.25, 0.3) is 5.69 Å². The maximum absolute atomic E-state index is 13.6. The summed E-state index contributed by atoms with van der Waals surface area (Å²) in [5.74, 6) is -1.85. The molecule has 0 bridgehead atoms. The summed E-state index contributed by atoms with van der Waals surface area (Å²) in [6, 6.07) is 5.93. The summed E-state index contributed by atoms with van der Waals surface area (Å²) in [7, 11) is 0. The molecule has 1 aromatic heterocycles. The van der Waals surface area contributed by atoms with Crippen LogP contribution in [0, 0.1) is 15.9 Å². The van der Waals surface area contributed by atoms with E-state index in [1.54, 1.807) is 0 Å². The van der Waals surface area contributed by atoms with E-state index in [0.29, 0.717) is 5.69 Å². The fourth-order valence-electron chi connectivity index (χ4n) is 1.65. The summed E-state index contributed by atoms with van der Waals surface area (Å²) in [5, 5.41) is 22.1. The quantitative estimate of drug-likeness (QED) is 0.647. The summed E-state index contributed by atoms with van der Waals surface area (Å²) in [6.07, 6.45) is 1.34. The van der Waals surface area contributed by atoms with E-state index in [4.69, 9.17) is 5.11 Å². The molecule has 1 heterocycles. The molecule has 2 rings (SSSR count). The number of rotatable bonds is 5. The average Bonchev–Trinajstić information content (AvgIpc) is 2.46. The highest BCUT2D eigenvalue weighted by Crippen LogP contribution is 2.20. The maximum atomic E-state index is 13.6. The van der Waals surface area contributed by atoms with Crippen molar-refractivity contribution in [3.05, 3.63) is 63.7 Å². The summed E-state index contributed by atoms with van der Waals surface area (Å²) < 4.78 is 13.6. The maximum Gasteiger partial charge on any atom is 0.335 e. The van der Waals surface area contributed by atoms with Crippen LogP contribution in [0.25, 0.3) is 0 Å². The number of nitro groups is 1. The lowest BCUT2D eigenvalue weighted by Crippen LogP contribution is -2.05. The number of nitrogens with one attached hydrogen (secondary N) is 1. The Morgan fingerprint density at radius 1 is 1.38 bits per heavy atom. The van der Waals surface area contributed by atoms with Gasteiger partial charge in [-0.25, -0.2) is 9.18 Å². The molecule has 2 aromatic rings. The number of aromatic carboxylic acids is 1. The molecule has 0 aliphatic heterocycles. The number of hydrogen-bond donors (Lipinski definition) is 2. The molecular formula is C13H10FN3O4. The molecule has 0 saturated heterocycles.